The summed E-state index contributed by atoms with van der Waals surface area (Å²) in [5.41, 5.74) is 1.58. The predicted molar refractivity (Wildman–Crippen MR) is 80.1 cm³/mol. The predicted octanol–water partition coefficient (Wildman–Crippen LogP) is 3.62. The molecule has 1 saturated heterocycles. The SMILES string of the molecule is CCC1(CC)CCN(CCC(O)c2ccccc2)C1. The maximum Gasteiger partial charge on any atom is 0.0802 e. The number of likely N-dealkylation sites (tertiary alicyclic amines) is 1. The van der Waals surface area contributed by atoms with Crippen molar-refractivity contribution in [3.63, 3.8) is 0 Å². The van der Waals surface area contributed by atoms with E-state index in [4.69, 9.17) is 0 Å². The van der Waals surface area contributed by atoms with Crippen molar-refractivity contribution in [3.05, 3.63) is 35.9 Å². The Hall–Kier alpha value is -0.860. The van der Waals surface area contributed by atoms with E-state index >= 15 is 0 Å². The van der Waals surface area contributed by atoms with Gasteiger partial charge in [0.2, 0.25) is 0 Å². The van der Waals surface area contributed by atoms with Gasteiger partial charge in [-0.3, -0.25) is 0 Å². The summed E-state index contributed by atoms with van der Waals surface area (Å²) >= 11 is 0. The number of hydrogen-bond acceptors (Lipinski definition) is 2. The summed E-state index contributed by atoms with van der Waals surface area (Å²) in [5.74, 6) is 0. The minimum absolute atomic E-state index is 0.320. The number of nitrogens with zero attached hydrogens (tertiary/aromatic N) is 1. The Morgan fingerprint density at radius 2 is 1.89 bits per heavy atom. The minimum atomic E-state index is -0.320. The first-order chi connectivity index (χ1) is 9.19. The van der Waals surface area contributed by atoms with Crippen LogP contribution in [0.3, 0.4) is 0 Å². The summed E-state index contributed by atoms with van der Waals surface area (Å²) in [5, 5.41) is 10.2. The lowest BCUT2D eigenvalue weighted by Crippen LogP contribution is -2.28. The summed E-state index contributed by atoms with van der Waals surface area (Å²) in [7, 11) is 0. The van der Waals surface area contributed by atoms with Crippen LogP contribution < -0.4 is 0 Å². The molecule has 1 atom stereocenters. The van der Waals surface area contributed by atoms with Gasteiger partial charge in [-0.25, -0.2) is 0 Å². The van der Waals surface area contributed by atoms with E-state index in [2.05, 4.69) is 18.7 Å². The van der Waals surface area contributed by atoms with Crippen LogP contribution in [0, 0.1) is 5.41 Å². The Morgan fingerprint density at radius 3 is 2.47 bits per heavy atom. The minimum Gasteiger partial charge on any atom is -0.388 e. The molecule has 1 aliphatic heterocycles. The number of rotatable bonds is 6. The second-order valence-corrected chi connectivity index (χ2v) is 5.95. The molecule has 1 fully saturated rings. The van der Waals surface area contributed by atoms with Gasteiger partial charge in [0.15, 0.2) is 0 Å². The van der Waals surface area contributed by atoms with Crippen molar-refractivity contribution >= 4 is 0 Å². The molecule has 0 bridgehead atoms. The lowest BCUT2D eigenvalue weighted by atomic mass is 9.82. The van der Waals surface area contributed by atoms with Crippen molar-refractivity contribution in [1.82, 2.24) is 4.90 Å². The van der Waals surface area contributed by atoms with Crippen molar-refractivity contribution in [2.75, 3.05) is 19.6 Å². The summed E-state index contributed by atoms with van der Waals surface area (Å²) in [6.07, 6.45) is 4.40. The van der Waals surface area contributed by atoms with Crippen LogP contribution in [0.15, 0.2) is 30.3 Å². The van der Waals surface area contributed by atoms with E-state index in [1.165, 1.54) is 32.4 Å². The van der Waals surface area contributed by atoms with Crippen LogP contribution in [0.1, 0.15) is 51.2 Å². The highest BCUT2D eigenvalue weighted by Crippen LogP contribution is 2.37. The van der Waals surface area contributed by atoms with Gasteiger partial charge in [-0.05, 0) is 43.2 Å². The molecule has 1 aliphatic rings. The Morgan fingerprint density at radius 1 is 1.21 bits per heavy atom. The number of aliphatic hydroxyl groups is 1. The summed E-state index contributed by atoms with van der Waals surface area (Å²) in [6, 6.07) is 10.0. The summed E-state index contributed by atoms with van der Waals surface area (Å²) in [4.78, 5) is 2.53. The third-order valence-electron chi connectivity index (χ3n) is 4.92. The molecule has 0 aliphatic carbocycles. The highest BCUT2D eigenvalue weighted by Gasteiger charge is 2.34. The van der Waals surface area contributed by atoms with Crippen molar-refractivity contribution in [3.8, 4) is 0 Å². The van der Waals surface area contributed by atoms with Crippen LogP contribution in [0.2, 0.25) is 0 Å². The Balaban J connectivity index is 1.81. The molecule has 2 rings (SSSR count). The smallest absolute Gasteiger partial charge is 0.0802 e. The van der Waals surface area contributed by atoms with Crippen LogP contribution >= 0.6 is 0 Å². The van der Waals surface area contributed by atoms with Crippen molar-refractivity contribution in [1.29, 1.82) is 0 Å². The monoisotopic (exact) mass is 261 g/mol. The highest BCUT2D eigenvalue weighted by molar-refractivity contribution is 5.17. The van der Waals surface area contributed by atoms with Gasteiger partial charge in [-0.1, -0.05) is 44.2 Å². The molecule has 0 saturated carbocycles. The lowest BCUT2D eigenvalue weighted by Gasteiger charge is -2.26. The van der Waals surface area contributed by atoms with E-state index in [0.717, 1.165) is 18.5 Å². The van der Waals surface area contributed by atoms with E-state index in [-0.39, 0.29) is 6.10 Å². The quantitative estimate of drug-likeness (QED) is 0.845. The van der Waals surface area contributed by atoms with E-state index in [1.807, 2.05) is 30.3 Å². The summed E-state index contributed by atoms with van der Waals surface area (Å²) in [6.45, 7) is 8.04. The topological polar surface area (TPSA) is 23.5 Å². The first-order valence-electron chi connectivity index (χ1n) is 7.64. The largest absolute Gasteiger partial charge is 0.388 e. The molecule has 19 heavy (non-hydrogen) atoms. The van der Waals surface area contributed by atoms with Crippen LogP contribution in [0.4, 0.5) is 0 Å². The maximum absolute atomic E-state index is 10.2. The highest BCUT2D eigenvalue weighted by atomic mass is 16.3. The molecule has 1 heterocycles. The fourth-order valence-corrected chi connectivity index (χ4v) is 3.19. The number of hydrogen-bond donors (Lipinski definition) is 1. The van der Waals surface area contributed by atoms with Gasteiger partial charge in [-0.2, -0.15) is 0 Å². The maximum atomic E-state index is 10.2. The average molecular weight is 261 g/mol. The molecule has 0 amide bonds. The zero-order chi connectivity index (χ0) is 13.7. The van der Waals surface area contributed by atoms with Crippen molar-refractivity contribution in [2.45, 2.75) is 45.6 Å². The fourth-order valence-electron chi connectivity index (χ4n) is 3.19. The zero-order valence-corrected chi connectivity index (χ0v) is 12.3. The molecule has 0 radical (unpaired) electrons. The average Bonchev–Trinajstić information content (AvgIpc) is 2.90. The van der Waals surface area contributed by atoms with Crippen molar-refractivity contribution < 1.29 is 5.11 Å². The van der Waals surface area contributed by atoms with Gasteiger partial charge >= 0.3 is 0 Å². The molecule has 0 aromatic heterocycles. The zero-order valence-electron chi connectivity index (χ0n) is 12.3. The fraction of sp³-hybridized carbons (Fsp3) is 0.647. The second kappa shape index (κ2) is 6.53. The van der Waals surface area contributed by atoms with E-state index in [1.54, 1.807) is 0 Å². The van der Waals surface area contributed by atoms with Crippen LogP contribution in [-0.4, -0.2) is 29.6 Å². The van der Waals surface area contributed by atoms with Gasteiger partial charge in [-0.15, -0.1) is 0 Å². The Kier molecular flexibility index (Phi) is 5.00. The Labute approximate surface area is 117 Å². The number of benzene rings is 1. The molecular weight excluding hydrogens is 234 g/mol. The first-order valence-corrected chi connectivity index (χ1v) is 7.64. The molecule has 2 heteroatoms. The first kappa shape index (κ1) is 14.5. The van der Waals surface area contributed by atoms with Gasteiger partial charge in [0.05, 0.1) is 6.10 Å². The molecule has 0 spiro atoms. The van der Waals surface area contributed by atoms with Crippen LogP contribution in [0.25, 0.3) is 0 Å². The van der Waals surface area contributed by atoms with Crippen molar-refractivity contribution in [2.24, 2.45) is 5.41 Å². The van der Waals surface area contributed by atoms with Crippen LogP contribution in [0.5, 0.6) is 0 Å². The molecule has 2 nitrogen and oxygen atoms in total. The standard InChI is InChI=1S/C17H27NO/c1-3-17(4-2)11-13-18(14-17)12-10-16(19)15-8-6-5-7-9-15/h5-9,16,19H,3-4,10-14H2,1-2H3. The van der Waals surface area contributed by atoms with Gasteiger partial charge < -0.3 is 10.0 Å². The third kappa shape index (κ3) is 3.58. The molecule has 1 N–H and O–H groups in total. The van der Waals surface area contributed by atoms with E-state index in [0.29, 0.717) is 5.41 Å². The third-order valence-corrected chi connectivity index (χ3v) is 4.92. The molecule has 1 unspecified atom stereocenters. The second-order valence-electron chi connectivity index (χ2n) is 5.95. The molecule has 1 aromatic rings. The molecule has 1 aromatic carbocycles. The van der Waals surface area contributed by atoms with E-state index < -0.39 is 0 Å². The van der Waals surface area contributed by atoms with Gasteiger partial charge in [0.25, 0.3) is 0 Å². The Bertz CT molecular complexity index is 372. The molecular formula is C17H27NO. The normalized spacial score (nSPS) is 20.6. The lowest BCUT2D eigenvalue weighted by molar-refractivity contribution is 0.143. The van der Waals surface area contributed by atoms with Crippen LogP contribution in [-0.2, 0) is 0 Å². The number of aliphatic hydroxyl groups excluding tert-OH is 1. The van der Waals surface area contributed by atoms with E-state index in [9.17, 15) is 5.11 Å². The summed E-state index contributed by atoms with van der Waals surface area (Å²) < 4.78 is 0. The van der Waals surface area contributed by atoms with Gasteiger partial charge in [0.1, 0.15) is 0 Å². The molecule has 106 valence electrons. The van der Waals surface area contributed by atoms with Gasteiger partial charge in [0, 0.05) is 13.1 Å².